The molecule has 0 unspecified atom stereocenters. The number of pyridine rings is 1. The normalized spacial score (nSPS) is 10.7. The molecule has 35 heavy (non-hydrogen) atoms. The van der Waals surface area contributed by atoms with E-state index in [1.807, 2.05) is 73.7 Å². The number of carbonyl (C=O) groups is 1. The van der Waals surface area contributed by atoms with Gasteiger partial charge in [-0.15, -0.1) is 0 Å². The molecule has 0 aliphatic heterocycles. The molecule has 5 aromatic rings. The van der Waals surface area contributed by atoms with E-state index in [1.165, 1.54) is 12.1 Å². The van der Waals surface area contributed by atoms with E-state index in [9.17, 15) is 9.18 Å². The van der Waals surface area contributed by atoms with Crippen LogP contribution in [0.1, 0.15) is 15.9 Å². The van der Waals surface area contributed by atoms with Crippen LogP contribution in [-0.4, -0.2) is 10.9 Å². The van der Waals surface area contributed by atoms with Crippen molar-refractivity contribution in [2.24, 2.45) is 0 Å². The third-order valence-electron chi connectivity index (χ3n) is 5.65. The molecular formula is C29H23FN4O. The number of halogens is 1. The number of fused-ring (bicyclic) bond motifs is 1. The lowest BCUT2D eigenvalue weighted by Crippen LogP contribution is -2.13. The zero-order valence-corrected chi connectivity index (χ0v) is 19.0. The highest BCUT2D eigenvalue weighted by molar-refractivity contribution is 6.06. The van der Waals surface area contributed by atoms with E-state index in [0.29, 0.717) is 27.8 Å². The van der Waals surface area contributed by atoms with E-state index in [1.54, 1.807) is 24.4 Å². The maximum absolute atomic E-state index is 13.8. The minimum Gasteiger partial charge on any atom is -0.355 e. The summed E-state index contributed by atoms with van der Waals surface area (Å²) in [4.78, 5) is 17.4. The Morgan fingerprint density at radius 3 is 2.37 bits per heavy atom. The Morgan fingerprint density at radius 2 is 1.51 bits per heavy atom. The number of amides is 1. The first-order valence-corrected chi connectivity index (χ1v) is 11.2. The average Bonchev–Trinajstić information content (AvgIpc) is 2.86. The van der Waals surface area contributed by atoms with Gasteiger partial charge in [0, 0.05) is 45.6 Å². The van der Waals surface area contributed by atoms with Crippen molar-refractivity contribution in [3.8, 4) is 0 Å². The lowest BCUT2D eigenvalue weighted by atomic mass is 10.1. The molecule has 6 heteroatoms. The first kappa shape index (κ1) is 22.1. The number of benzene rings is 4. The van der Waals surface area contributed by atoms with Gasteiger partial charge in [0.1, 0.15) is 5.82 Å². The molecule has 3 N–H and O–H groups in total. The molecule has 1 amide bonds. The highest BCUT2D eigenvalue weighted by Gasteiger charge is 2.12. The summed E-state index contributed by atoms with van der Waals surface area (Å²) in [6, 6.07) is 29.2. The average molecular weight is 463 g/mol. The summed E-state index contributed by atoms with van der Waals surface area (Å²) in [6.07, 6.45) is 1.67. The van der Waals surface area contributed by atoms with Crippen molar-refractivity contribution in [3.05, 3.63) is 120 Å². The van der Waals surface area contributed by atoms with E-state index in [0.717, 1.165) is 22.6 Å². The highest BCUT2D eigenvalue weighted by atomic mass is 19.1. The zero-order chi connectivity index (χ0) is 24.2. The van der Waals surface area contributed by atoms with E-state index in [4.69, 9.17) is 0 Å². The monoisotopic (exact) mass is 462 g/mol. The number of para-hydroxylation sites is 1. The summed E-state index contributed by atoms with van der Waals surface area (Å²) < 4.78 is 13.8. The summed E-state index contributed by atoms with van der Waals surface area (Å²) in [6.45, 7) is 1.89. The zero-order valence-electron chi connectivity index (χ0n) is 19.0. The Labute approximate surface area is 202 Å². The second-order valence-corrected chi connectivity index (χ2v) is 8.20. The van der Waals surface area contributed by atoms with E-state index in [2.05, 4.69) is 20.9 Å². The Hall–Kier alpha value is -4.71. The van der Waals surface area contributed by atoms with Gasteiger partial charge in [0.15, 0.2) is 0 Å². The largest absolute Gasteiger partial charge is 0.355 e. The third-order valence-corrected chi connectivity index (χ3v) is 5.65. The molecule has 5 rings (SSSR count). The molecule has 0 spiro atoms. The molecule has 4 aromatic carbocycles. The van der Waals surface area contributed by atoms with Crippen molar-refractivity contribution in [1.29, 1.82) is 0 Å². The Kier molecular flexibility index (Phi) is 6.09. The summed E-state index contributed by atoms with van der Waals surface area (Å²) >= 11 is 0. The van der Waals surface area contributed by atoms with Crippen LogP contribution in [0.5, 0.6) is 0 Å². The van der Waals surface area contributed by atoms with Crippen LogP contribution in [-0.2, 0) is 0 Å². The molecule has 0 saturated heterocycles. The van der Waals surface area contributed by atoms with Crippen LogP contribution in [0.4, 0.5) is 32.8 Å². The molecule has 0 bridgehead atoms. The topological polar surface area (TPSA) is 66.0 Å². The number of nitrogens with one attached hydrogen (secondary N) is 3. The molecule has 0 fully saturated rings. The number of aromatic nitrogens is 1. The first-order valence-electron chi connectivity index (χ1n) is 11.2. The van der Waals surface area contributed by atoms with Gasteiger partial charge in [0.25, 0.3) is 5.91 Å². The van der Waals surface area contributed by atoms with Crippen molar-refractivity contribution in [2.75, 3.05) is 16.0 Å². The molecule has 0 atom stereocenters. The van der Waals surface area contributed by atoms with Gasteiger partial charge in [-0.3, -0.25) is 9.78 Å². The maximum Gasteiger partial charge on any atom is 0.256 e. The minimum atomic E-state index is -0.332. The van der Waals surface area contributed by atoms with Gasteiger partial charge in [-0.1, -0.05) is 30.3 Å². The Bertz CT molecular complexity index is 1520. The van der Waals surface area contributed by atoms with Gasteiger partial charge in [-0.2, -0.15) is 0 Å². The fraction of sp³-hybridized carbons (Fsp3) is 0.0345. The molecule has 5 nitrogen and oxygen atoms in total. The SMILES string of the molecule is Cc1ccc(Nc2ccnc3ccc(F)cc23)cc1C(=O)Nc1cccc(Nc2ccccc2)c1. The summed E-state index contributed by atoms with van der Waals surface area (Å²) in [5, 5.41) is 10.3. The quantitative estimate of drug-likeness (QED) is 0.246. The predicted octanol–water partition coefficient (Wildman–Crippen LogP) is 7.42. The predicted molar refractivity (Wildman–Crippen MR) is 140 cm³/mol. The number of anilines is 5. The van der Waals surface area contributed by atoms with Crippen molar-refractivity contribution < 1.29 is 9.18 Å². The van der Waals surface area contributed by atoms with Crippen molar-refractivity contribution in [1.82, 2.24) is 4.98 Å². The number of nitrogens with zero attached hydrogens (tertiary/aromatic N) is 1. The summed E-state index contributed by atoms with van der Waals surface area (Å²) in [7, 11) is 0. The second-order valence-electron chi connectivity index (χ2n) is 8.20. The van der Waals surface area contributed by atoms with E-state index in [-0.39, 0.29) is 11.7 Å². The van der Waals surface area contributed by atoms with Gasteiger partial charge >= 0.3 is 0 Å². The van der Waals surface area contributed by atoms with Crippen LogP contribution >= 0.6 is 0 Å². The van der Waals surface area contributed by atoms with E-state index < -0.39 is 0 Å². The minimum absolute atomic E-state index is 0.214. The maximum atomic E-state index is 13.8. The smallest absolute Gasteiger partial charge is 0.256 e. The van der Waals surface area contributed by atoms with E-state index >= 15 is 0 Å². The molecule has 0 radical (unpaired) electrons. The lowest BCUT2D eigenvalue weighted by molar-refractivity contribution is 0.102. The van der Waals surface area contributed by atoms with Crippen LogP contribution in [0.2, 0.25) is 0 Å². The van der Waals surface area contributed by atoms with Gasteiger partial charge in [-0.05, 0) is 79.2 Å². The van der Waals surface area contributed by atoms with Crippen molar-refractivity contribution >= 4 is 45.2 Å². The molecule has 172 valence electrons. The van der Waals surface area contributed by atoms with Crippen molar-refractivity contribution in [3.63, 3.8) is 0 Å². The van der Waals surface area contributed by atoms with Crippen molar-refractivity contribution in [2.45, 2.75) is 6.92 Å². The van der Waals surface area contributed by atoms with Gasteiger partial charge in [0.2, 0.25) is 0 Å². The van der Waals surface area contributed by atoms with Crippen LogP contribution in [0, 0.1) is 12.7 Å². The fourth-order valence-electron chi connectivity index (χ4n) is 3.89. The van der Waals surface area contributed by atoms with Crippen LogP contribution < -0.4 is 16.0 Å². The molecule has 1 heterocycles. The number of rotatable bonds is 6. The molecular weight excluding hydrogens is 439 g/mol. The van der Waals surface area contributed by atoms with Crippen LogP contribution in [0.15, 0.2) is 103 Å². The highest BCUT2D eigenvalue weighted by Crippen LogP contribution is 2.27. The fourth-order valence-corrected chi connectivity index (χ4v) is 3.89. The number of carbonyl (C=O) groups excluding carboxylic acids is 1. The standard InChI is InChI=1S/C29H23FN4O/c1-19-10-12-24(33-28-14-15-31-27-13-11-20(30)16-26(27)28)18-25(19)29(35)34-23-9-5-8-22(17-23)32-21-6-3-2-4-7-21/h2-18,32H,1H3,(H,31,33)(H,34,35). The second kappa shape index (κ2) is 9.65. The van der Waals surface area contributed by atoms with Gasteiger partial charge < -0.3 is 16.0 Å². The number of hydrogen-bond acceptors (Lipinski definition) is 4. The summed E-state index contributed by atoms with van der Waals surface area (Å²) in [5.41, 5.74) is 6.03. The van der Waals surface area contributed by atoms with Crippen LogP contribution in [0.25, 0.3) is 10.9 Å². The van der Waals surface area contributed by atoms with Gasteiger partial charge in [0.05, 0.1) is 5.52 Å². The number of aryl methyl sites for hydroxylation is 1. The lowest BCUT2D eigenvalue weighted by Gasteiger charge is -2.14. The molecule has 1 aromatic heterocycles. The summed E-state index contributed by atoms with van der Waals surface area (Å²) in [5.74, 6) is -0.546. The Morgan fingerprint density at radius 1 is 0.743 bits per heavy atom. The molecule has 0 saturated carbocycles. The van der Waals surface area contributed by atoms with Gasteiger partial charge in [-0.25, -0.2) is 4.39 Å². The third kappa shape index (κ3) is 5.12. The first-order chi connectivity index (χ1) is 17.0. The molecule has 0 aliphatic rings. The Balaban J connectivity index is 1.36. The van der Waals surface area contributed by atoms with Crippen LogP contribution in [0.3, 0.4) is 0 Å². The molecule has 0 aliphatic carbocycles. The number of hydrogen-bond donors (Lipinski definition) is 3.